The van der Waals surface area contributed by atoms with Crippen LogP contribution in [0, 0.1) is 0 Å². The van der Waals surface area contributed by atoms with Gasteiger partial charge in [0.1, 0.15) is 9.49 Å². The summed E-state index contributed by atoms with van der Waals surface area (Å²) in [5, 5.41) is 0. The van der Waals surface area contributed by atoms with E-state index in [9.17, 15) is 17.5 Å². The minimum atomic E-state index is -2.58. The monoisotopic (exact) mass is 252 g/mol. The minimum absolute atomic E-state index is 0.323. The van der Waals surface area contributed by atoms with Crippen LogP contribution in [0.5, 0.6) is 0 Å². The van der Waals surface area contributed by atoms with E-state index in [2.05, 4.69) is 4.79 Å². The first-order chi connectivity index (χ1) is 6.58. The number of hydrogen-bond acceptors (Lipinski definition) is 4. The molecule has 0 aromatic heterocycles. The molecule has 6 nitrogen and oxygen atoms in total. The largest absolute Gasteiger partial charge is 0.771 e. The van der Waals surface area contributed by atoms with Crippen molar-refractivity contribution in [3.05, 3.63) is 5.53 Å². The van der Waals surface area contributed by atoms with Crippen molar-refractivity contribution in [2.24, 2.45) is 0 Å². The molecule has 0 radical (unpaired) electrons. The summed E-state index contributed by atoms with van der Waals surface area (Å²) in [6, 6.07) is 0. The fourth-order valence-electron chi connectivity index (χ4n) is 1.12. The molecule has 0 saturated carbocycles. The summed E-state index contributed by atoms with van der Waals surface area (Å²) in [5.41, 5.74) is 8.41. The highest BCUT2D eigenvalue weighted by Crippen LogP contribution is 2.24. The molecule has 0 spiro atoms. The van der Waals surface area contributed by atoms with Gasteiger partial charge in [0.25, 0.3) is 0 Å². The van der Waals surface area contributed by atoms with Crippen LogP contribution in [0.4, 0.5) is 0 Å². The number of rotatable bonds is 4. The molecule has 0 bridgehead atoms. The first-order valence-electron chi connectivity index (χ1n) is 4.00. The van der Waals surface area contributed by atoms with Crippen LogP contribution in [0.25, 0.3) is 5.53 Å². The molecular weight excluding hydrogens is 240 g/mol. The molecule has 0 aromatic carbocycles. The van der Waals surface area contributed by atoms with Gasteiger partial charge in [-0.2, -0.15) is 4.79 Å². The van der Waals surface area contributed by atoms with Crippen molar-refractivity contribution >= 4 is 27.9 Å². The van der Waals surface area contributed by atoms with Crippen molar-refractivity contribution in [1.29, 1.82) is 0 Å². The average Bonchev–Trinajstić information content (AvgIpc) is 2.03. The Morgan fingerprint density at radius 1 is 1.07 bits per heavy atom. The highest BCUT2D eigenvalue weighted by atomic mass is 32.2. The number of nitrogens with zero attached hydrogens (tertiary/aromatic N) is 2. The summed E-state index contributed by atoms with van der Waals surface area (Å²) >= 11 is -5.17. The first-order valence-corrected chi connectivity index (χ1v) is 6.15. The van der Waals surface area contributed by atoms with Gasteiger partial charge in [0, 0.05) is 0 Å². The highest BCUT2D eigenvalue weighted by Gasteiger charge is 2.46. The first kappa shape index (κ1) is 14.6. The molecule has 2 unspecified atom stereocenters. The van der Waals surface area contributed by atoms with Crippen molar-refractivity contribution in [3.8, 4) is 0 Å². The van der Waals surface area contributed by atoms with Gasteiger partial charge < -0.3 is 14.6 Å². The number of hydrogen-bond donors (Lipinski definition) is 0. The molecule has 0 N–H and O–H groups in total. The third-order valence-electron chi connectivity index (χ3n) is 2.07. The second kappa shape index (κ2) is 4.63. The second-order valence-electron chi connectivity index (χ2n) is 3.94. The van der Waals surface area contributed by atoms with E-state index in [0.29, 0.717) is 0 Å². The van der Waals surface area contributed by atoms with Crippen molar-refractivity contribution in [3.63, 3.8) is 0 Å². The predicted octanol–water partition coefficient (Wildman–Crippen LogP) is -0.0274. The summed E-state index contributed by atoms with van der Waals surface area (Å²) in [7, 11) is 0. The molecule has 0 saturated heterocycles. The molecule has 8 heteroatoms. The maximum absolute atomic E-state index is 10.9. The lowest BCUT2D eigenvalue weighted by molar-refractivity contribution is -0.0159. The summed E-state index contributed by atoms with van der Waals surface area (Å²) in [6.45, 7) is 5.05. The van der Waals surface area contributed by atoms with E-state index in [-0.39, 0.29) is 5.71 Å². The Morgan fingerprint density at radius 3 is 1.47 bits per heavy atom. The molecule has 0 heterocycles. The van der Waals surface area contributed by atoms with E-state index in [1.54, 1.807) is 0 Å². The normalized spacial score (nSPS) is 16.7. The van der Waals surface area contributed by atoms with Gasteiger partial charge in [-0.15, -0.1) is 0 Å². The fourth-order valence-corrected chi connectivity index (χ4v) is 2.10. The summed E-state index contributed by atoms with van der Waals surface area (Å²) in [6.07, 6.45) is 0. The average molecular weight is 252 g/mol. The molecule has 0 aliphatic heterocycles. The van der Waals surface area contributed by atoms with E-state index in [1.165, 1.54) is 27.7 Å². The van der Waals surface area contributed by atoms with Gasteiger partial charge in [0.2, 0.25) is 0 Å². The Morgan fingerprint density at radius 2 is 1.33 bits per heavy atom. The SMILES string of the molecule is CC(C)(C(=[N+]=[N-])C(C)(C)S(=O)[O-])S(=O)[O-]. The maximum atomic E-state index is 10.9. The topological polar surface area (TPSA) is 117 Å². The highest BCUT2D eigenvalue weighted by molar-refractivity contribution is 7.83. The molecule has 15 heavy (non-hydrogen) atoms. The van der Waals surface area contributed by atoms with Crippen molar-refractivity contribution < 1.29 is 22.3 Å². The van der Waals surface area contributed by atoms with E-state index >= 15 is 0 Å². The lowest BCUT2D eigenvalue weighted by atomic mass is 9.96. The van der Waals surface area contributed by atoms with Crippen molar-refractivity contribution in [1.82, 2.24) is 0 Å². The quantitative estimate of drug-likeness (QED) is 0.302. The molecule has 0 aliphatic carbocycles. The second-order valence-corrected chi connectivity index (χ2v) is 6.92. The third kappa shape index (κ3) is 2.79. The Bertz CT molecular complexity index is 330. The van der Waals surface area contributed by atoms with Crippen molar-refractivity contribution in [2.45, 2.75) is 37.2 Å². The molecule has 88 valence electrons. The molecule has 0 aromatic rings. The zero-order valence-electron chi connectivity index (χ0n) is 8.84. The van der Waals surface area contributed by atoms with Crippen LogP contribution in [0.15, 0.2) is 0 Å². The van der Waals surface area contributed by atoms with Gasteiger partial charge in [0.15, 0.2) is 0 Å². The van der Waals surface area contributed by atoms with Crippen molar-refractivity contribution in [2.75, 3.05) is 0 Å². The van der Waals surface area contributed by atoms with Crippen LogP contribution in [-0.4, -0.2) is 37.5 Å². The summed E-state index contributed by atoms with van der Waals surface area (Å²) < 4.78 is 40.5. The summed E-state index contributed by atoms with van der Waals surface area (Å²) in [4.78, 5) is 2.80. The zero-order chi connectivity index (χ0) is 12.4. The van der Waals surface area contributed by atoms with Gasteiger partial charge in [-0.1, -0.05) is 0 Å². The zero-order valence-corrected chi connectivity index (χ0v) is 10.5. The predicted molar refractivity (Wildman–Crippen MR) is 54.6 cm³/mol. The molecular formula is C7H12N2O4S2-2. The molecule has 0 rings (SSSR count). The van der Waals surface area contributed by atoms with E-state index in [0.717, 1.165) is 0 Å². The molecule has 0 fully saturated rings. The molecule has 0 aliphatic rings. The Kier molecular flexibility index (Phi) is 4.50. The maximum Gasteiger partial charge on any atom is 0.302 e. The molecule has 0 amide bonds. The Hall–Kier alpha value is -0.400. The fraction of sp³-hybridized carbons (Fsp3) is 0.857. The lowest BCUT2D eigenvalue weighted by Crippen LogP contribution is -2.51. The van der Waals surface area contributed by atoms with Gasteiger partial charge in [-0.3, -0.25) is 8.42 Å². The van der Waals surface area contributed by atoms with Crippen LogP contribution in [0.1, 0.15) is 27.7 Å². The van der Waals surface area contributed by atoms with Crippen LogP contribution in [0.2, 0.25) is 0 Å². The van der Waals surface area contributed by atoms with Crippen LogP contribution in [-0.2, 0) is 22.2 Å². The van der Waals surface area contributed by atoms with Crippen LogP contribution < -0.4 is 0 Å². The standard InChI is InChI=1S/C7H14N2O4S2/c1-6(2,14(10)11)5(9-8)7(3,4)15(12)13/h1-4H3,(H,10,11)(H,12,13)/p-2. The minimum Gasteiger partial charge on any atom is -0.771 e. The van der Waals surface area contributed by atoms with Crippen LogP contribution >= 0.6 is 0 Å². The third-order valence-corrected chi connectivity index (χ3v) is 4.13. The summed E-state index contributed by atoms with van der Waals surface area (Å²) in [5.74, 6) is 0. The lowest BCUT2D eigenvalue weighted by Gasteiger charge is -2.32. The van der Waals surface area contributed by atoms with Crippen LogP contribution in [0.3, 0.4) is 0 Å². The molecule has 2 atom stereocenters. The van der Waals surface area contributed by atoms with Gasteiger partial charge in [-0.05, 0) is 49.9 Å². The Balaban J connectivity index is 5.59. The smallest absolute Gasteiger partial charge is 0.302 e. The van der Waals surface area contributed by atoms with Gasteiger partial charge >= 0.3 is 5.71 Å². The Labute approximate surface area is 93.3 Å². The van der Waals surface area contributed by atoms with E-state index < -0.39 is 31.7 Å². The van der Waals surface area contributed by atoms with E-state index in [1.807, 2.05) is 0 Å². The van der Waals surface area contributed by atoms with E-state index in [4.69, 9.17) is 5.53 Å². The van der Waals surface area contributed by atoms with Gasteiger partial charge in [-0.25, -0.2) is 0 Å². The van der Waals surface area contributed by atoms with Gasteiger partial charge in [0.05, 0.1) is 0 Å².